The van der Waals surface area contributed by atoms with Crippen LogP contribution in [0.15, 0.2) is 36.4 Å². The number of carbonyl (C=O) groups excluding carboxylic acids is 1. The molecule has 0 bridgehead atoms. The average molecular weight is 381 g/mol. The van der Waals surface area contributed by atoms with E-state index in [-0.39, 0.29) is 11.3 Å². The molecule has 1 unspecified atom stereocenters. The minimum absolute atomic E-state index is 0.174. The number of benzene rings is 1. The number of methoxy groups -OCH3 is 2. The van der Waals surface area contributed by atoms with Crippen molar-refractivity contribution < 1.29 is 14.3 Å². The highest BCUT2D eigenvalue weighted by molar-refractivity contribution is 5.84. The molecule has 1 atom stereocenters. The Kier molecular flexibility index (Phi) is 5.22. The fourth-order valence-electron chi connectivity index (χ4n) is 4.51. The van der Waals surface area contributed by atoms with E-state index in [1.165, 1.54) is 11.1 Å². The van der Waals surface area contributed by atoms with E-state index in [9.17, 15) is 4.79 Å². The fraction of sp³-hybridized carbons (Fsp3) is 0.455. The Morgan fingerprint density at radius 3 is 2.75 bits per heavy atom. The second kappa shape index (κ2) is 7.80. The zero-order chi connectivity index (χ0) is 19.6. The Morgan fingerprint density at radius 2 is 1.96 bits per heavy atom. The number of likely N-dealkylation sites (tertiary alicyclic amines) is 1. The molecule has 28 heavy (non-hydrogen) atoms. The smallest absolute Gasteiger partial charge is 0.228 e. The monoisotopic (exact) mass is 381 g/mol. The van der Waals surface area contributed by atoms with Crippen LogP contribution in [0.5, 0.6) is 11.8 Å². The van der Waals surface area contributed by atoms with Crippen LogP contribution in [0.3, 0.4) is 0 Å². The lowest BCUT2D eigenvalue weighted by Gasteiger charge is -2.41. The number of fused-ring (bicyclic) bond motifs is 1. The van der Waals surface area contributed by atoms with Crippen LogP contribution < -0.4 is 14.8 Å². The van der Waals surface area contributed by atoms with Crippen LogP contribution in [0, 0.1) is 5.41 Å². The maximum atomic E-state index is 13.1. The number of piperidine rings is 1. The van der Waals surface area contributed by atoms with Gasteiger partial charge in [-0.3, -0.25) is 9.69 Å². The molecule has 1 fully saturated rings. The molecular weight excluding hydrogens is 354 g/mol. The predicted octanol–water partition coefficient (Wildman–Crippen LogP) is 2.55. The lowest BCUT2D eigenvalue weighted by Crippen LogP contribution is -2.51. The Bertz CT molecular complexity index is 870. The largest absolute Gasteiger partial charge is 0.481 e. The highest BCUT2D eigenvalue weighted by Gasteiger charge is 2.43. The van der Waals surface area contributed by atoms with Crippen molar-refractivity contribution in [2.24, 2.45) is 5.41 Å². The van der Waals surface area contributed by atoms with Gasteiger partial charge in [0.15, 0.2) is 0 Å². The third-order valence-corrected chi connectivity index (χ3v) is 5.93. The van der Waals surface area contributed by atoms with E-state index in [1.807, 2.05) is 18.2 Å². The third-order valence-electron chi connectivity index (χ3n) is 5.93. The lowest BCUT2D eigenvalue weighted by molar-refractivity contribution is -0.134. The van der Waals surface area contributed by atoms with E-state index in [2.05, 4.69) is 33.4 Å². The van der Waals surface area contributed by atoms with Gasteiger partial charge in [0.25, 0.3) is 0 Å². The van der Waals surface area contributed by atoms with E-state index in [0.29, 0.717) is 24.8 Å². The molecule has 2 aromatic rings. The van der Waals surface area contributed by atoms with Crippen molar-refractivity contribution in [2.45, 2.75) is 32.4 Å². The summed E-state index contributed by atoms with van der Waals surface area (Å²) in [5, 5.41) is 3.16. The fourth-order valence-corrected chi connectivity index (χ4v) is 4.51. The van der Waals surface area contributed by atoms with Crippen LogP contribution >= 0.6 is 0 Å². The zero-order valence-electron chi connectivity index (χ0n) is 16.5. The molecule has 2 aliphatic rings. The average Bonchev–Trinajstić information content (AvgIpc) is 2.85. The number of pyridine rings is 1. The molecular formula is C22H27N3O3. The van der Waals surface area contributed by atoms with E-state index in [1.54, 1.807) is 14.2 Å². The minimum Gasteiger partial charge on any atom is -0.481 e. The molecule has 0 radical (unpaired) electrons. The van der Waals surface area contributed by atoms with Crippen molar-refractivity contribution in [1.82, 2.24) is 15.2 Å². The number of nitrogens with zero attached hydrogens (tertiary/aromatic N) is 2. The van der Waals surface area contributed by atoms with Crippen LogP contribution in [0.4, 0.5) is 0 Å². The zero-order valence-corrected chi connectivity index (χ0v) is 16.5. The highest BCUT2D eigenvalue weighted by Crippen LogP contribution is 2.37. The number of hydrogen-bond donors (Lipinski definition) is 1. The Labute approximate surface area is 165 Å². The SMILES string of the molecule is COc1ccc(CN2CCCC3(Cc4ccccc4CNC3=O)C2)c(OC)n1. The molecule has 0 saturated carbocycles. The summed E-state index contributed by atoms with van der Waals surface area (Å²) in [6.07, 6.45) is 2.71. The van der Waals surface area contributed by atoms with Gasteiger partial charge in [0, 0.05) is 31.3 Å². The molecule has 4 rings (SSSR count). The molecule has 1 saturated heterocycles. The molecule has 148 valence electrons. The number of amides is 1. The maximum Gasteiger partial charge on any atom is 0.228 e. The van der Waals surface area contributed by atoms with Gasteiger partial charge in [0.1, 0.15) is 0 Å². The van der Waals surface area contributed by atoms with Crippen molar-refractivity contribution in [3.8, 4) is 11.8 Å². The number of rotatable bonds is 4. The van der Waals surface area contributed by atoms with E-state index in [4.69, 9.17) is 9.47 Å². The number of nitrogens with one attached hydrogen (secondary N) is 1. The van der Waals surface area contributed by atoms with Crippen LogP contribution in [-0.2, 0) is 24.3 Å². The van der Waals surface area contributed by atoms with Crippen LogP contribution in [0.2, 0.25) is 0 Å². The van der Waals surface area contributed by atoms with Gasteiger partial charge >= 0.3 is 0 Å². The summed E-state index contributed by atoms with van der Waals surface area (Å²) in [6, 6.07) is 12.2. The first-order chi connectivity index (χ1) is 13.6. The normalized spacial score (nSPS) is 22.3. The number of aromatic nitrogens is 1. The minimum atomic E-state index is -0.377. The number of ether oxygens (including phenoxy) is 2. The highest BCUT2D eigenvalue weighted by atomic mass is 16.5. The van der Waals surface area contributed by atoms with Crippen LogP contribution in [0.25, 0.3) is 0 Å². The topological polar surface area (TPSA) is 63.7 Å². The number of hydrogen-bond acceptors (Lipinski definition) is 5. The van der Waals surface area contributed by atoms with Gasteiger partial charge in [-0.25, -0.2) is 0 Å². The Hall–Kier alpha value is -2.60. The summed E-state index contributed by atoms with van der Waals surface area (Å²) in [6.45, 7) is 3.03. The van der Waals surface area contributed by atoms with Crippen LogP contribution in [-0.4, -0.2) is 43.1 Å². The summed E-state index contributed by atoms with van der Waals surface area (Å²) in [4.78, 5) is 19.8. The van der Waals surface area contributed by atoms with Gasteiger partial charge in [0.05, 0.1) is 19.6 Å². The lowest BCUT2D eigenvalue weighted by atomic mass is 9.74. The molecule has 1 N–H and O–H groups in total. The first kappa shape index (κ1) is 18.7. The summed E-state index contributed by atoms with van der Waals surface area (Å²) < 4.78 is 10.7. The second-order valence-electron chi connectivity index (χ2n) is 7.74. The third kappa shape index (κ3) is 3.56. The van der Waals surface area contributed by atoms with Crippen molar-refractivity contribution >= 4 is 5.91 Å². The number of carbonyl (C=O) groups is 1. The molecule has 2 aliphatic heterocycles. The first-order valence-electron chi connectivity index (χ1n) is 9.79. The molecule has 6 nitrogen and oxygen atoms in total. The van der Waals surface area contributed by atoms with Gasteiger partial charge in [0.2, 0.25) is 17.7 Å². The van der Waals surface area contributed by atoms with E-state index in [0.717, 1.165) is 37.9 Å². The molecule has 1 amide bonds. The summed E-state index contributed by atoms with van der Waals surface area (Å²) in [5.74, 6) is 1.29. The van der Waals surface area contributed by atoms with Gasteiger partial charge in [-0.15, -0.1) is 0 Å². The molecule has 6 heteroatoms. The quantitative estimate of drug-likeness (QED) is 0.882. The van der Waals surface area contributed by atoms with E-state index >= 15 is 0 Å². The predicted molar refractivity (Wildman–Crippen MR) is 106 cm³/mol. The van der Waals surface area contributed by atoms with Crippen molar-refractivity contribution in [2.75, 3.05) is 27.3 Å². The van der Waals surface area contributed by atoms with Crippen LogP contribution in [0.1, 0.15) is 29.5 Å². The van der Waals surface area contributed by atoms with Gasteiger partial charge < -0.3 is 14.8 Å². The Morgan fingerprint density at radius 1 is 1.14 bits per heavy atom. The second-order valence-corrected chi connectivity index (χ2v) is 7.74. The molecule has 0 aliphatic carbocycles. The molecule has 1 aromatic heterocycles. The van der Waals surface area contributed by atoms with Gasteiger partial charge in [-0.1, -0.05) is 24.3 Å². The van der Waals surface area contributed by atoms with Crippen molar-refractivity contribution in [3.63, 3.8) is 0 Å². The van der Waals surface area contributed by atoms with Gasteiger partial charge in [-0.05, 0) is 43.0 Å². The summed E-state index contributed by atoms with van der Waals surface area (Å²) >= 11 is 0. The summed E-state index contributed by atoms with van der Waals surface area (Å²) in [7, 11) is 3.22. The molecule has 1 aromatic carbocycles. The Balaban J connectivity index is 1.57. The van der Waals surface area contributed by atoms with Crippen molar-refractivity contribution in [3.05, 3.63) is 53.1 Å². The summed E-state index contributed by atoms with van der Waals surface area (Å²) in [5.41, 5.74) is 3.14. The van der Waals surface area contributed by atoms with Gasteiger partial charge in [-0.2, -0.15) is 4.98 Å². The van der Waals surface area contributed by atoms with E-state index < -0.39 is 0 Å². The maximum absolute atomic E-state index is 13.1. The standard InChI is InChI=1S/C22H27N3O3/c1-27-19-9-8-18(20(24-19)28-2)14-25-11-5-10-22(15-25)12-16-6-3-4-7-17(16)13-23-21(22)26/h3-4,6-9H,5,10-15H2,1-2H3,(H,23,26). The molecule has 1 spiro atoms. The molecule has 3 heterocycles. The first-order valence-corrected chi connectivity index (χ1v) is 9.79. The van der Waals surface area contributed by atoms with Crippen molar-refractivity contribution in [1.29, 1.82) is 0 Å².